The van der Waals surface area contributed by atoms with E-state index in [1.54, 1.807) is 0 Å². The van der Waals surface area contributed by atoms with Crippen molar-refractivity contribution in [3.05, 3.63) is 42.5 Å². The van der Waals surface area contributed by atoms with E-state index in [4.69, 9.17) is 14.5 Å². The molecule has 0 atom stereocenters. The van der Waals surface area contributed by atoms with E-state index in [1.165, 1.54) is 81.4 Å². The highest BCUT2D eigenvalue weighted by molar-refractivity contribution is 6.06. The standard InChI is InChI=1S/C30H43NO2/c1-3-5-7-9-11-13-14-22-32-26-17-18-27-25(24-26)16-20-29-28(27)19-21-30(31-29)33-23-15-12-10-8-6-4-2/h16-21,24H,3-15,22-23H2,1-2H3. The van der Waals surface area contributed by atoms with Crippen LogP contribution in [0.5, 0.6) is 11.6 Å². The van der Waals surface area contributed by atoms with Crippen LogP contribution in [0.2, 0.25) is 0 Å². The Bertz CT molecular complexity index is 953. The zero-order valence-electron chi connectivity index (χ0n) is 20.9. The molecular formula is C30H43NO2. The van der Waals surface area contributed by atoms with Crippen LogP contribution in [0.25, 0.3) is 21.7 Å². The number of rotatable bonds is 17. The average Bonchev–Trinajstić information content (AvgIpc) is 2.84. The summed E-state index contributed by atoms with van der Waals surface area (Å²) in [5.41, 5.74) is 0.986. The van der Waals surface area contributed by atoms with Gasteiger partial charge in [-0.2, -0.15) is 0 Å². The number of ether oxygens (including phenoxy) is 2. The summed E-state index contributed by atoms with van der Waals surface area (Å²) in [5.74, 6) is 1.68. The molecule has 3 nitrogen and oxygen atoms in total. The Morgan fingerprint density at radius 2 is 1.18 bits per heavy atom. The second-order valence-corrected chi connectivity index (χ2v) is 9.25. The summed E-state index contributed by atoms with van der Waals surface area (Å²) in [6.07, 6.45) is 16.7. The van der Waals surface area contributed by atoms with Gasteiger partial charge in [0.1, 0.15) is 5.75 Å². The fourth-order valence-electron chi connectivity index (χ4n) is 4.38. The molecule has 2 aromatic carbocycles. The Kier molecular flexibility index (Phi) is 11.3. The van der Waals surface area contributed by atoms with Crippen molar-refractivity contribution in [1.29, 1.82) is 0 Å². The first-order chi connectivity index (χ1) is 16.3. The van der Waals surface area contributed by atoms with Gasteiger partial charge in [-0.05, 0) is 47.9 Å². The normalized spacial score (nSPS) is 11.3. The fraction of sp³-hybridized carbons (Fsp3) is 0.567. The second-order valence-electron chi connectivity index (χ2n) is 9.25. The number of hydrogen-bond donors (Lipinski definition) is 0. The topological polar surface area (TPSA) is 31.4 Å². The van der Waals surface area contributed by atoms with Gasteiger partial charge in [-0.3, -0.25) is 0 Å². The molecule has 0 saturated carbocycles. The average molecular weight is 450 g/mol. The first-order valence-corrected chi connectivity index (χ1v) is 13.4. The summed E-state index contributed by atoms with van der Waals surface area (Å²) in [6, 6.07) is 14.8. The lowest BCUT2D eigenvalue weighted by molar-refractivity contribution is 0.294. The van der Waals surface area contributed by atoms with Gasteiger partial charge in [-0.15, -0.1) is 0 Å². The summed E-state index contributed by atoms with van der Waals surface area (Å²) in [5, 5.41) is 3.57. The maximum Gasteiger partial charge on any atom is 0.213 e. The van der Waals surface area contributed by atoms with Gasteiger partial charge in [0.25, 0.3) is 0 Å². The lowest BCUT2D eigenvalue weighted by Crippen LogP contribution is -1.99. The molecule has 0 bridgehead atoms. The van der Waals surface area contributed by atoms with Crippen molar-refractivity contribution in [1.82, 2.24) is 4.98 Å². The minimum absolute atomic E-state index is 0.727. The van der Waals surface area contributed by atoms with E-state index < -0.39 is 0 Å². The van der Waals surface area contributed by atoms with Crippen LogP contribution in [0, 0.1) is 0 Å². The fourth-order valence-corrected chi connectivity index (χ4v) is 4.38. The quantitative estimate of drug-likeness (QED) is 0.152. The zero-order valence-corrected chi connectivity index (χ0v) is 20.9. The Morgan fingerprint density at radius 3 is 1.88 bits per heavy atom. The van der Waals surface area contributed by atoms with Crippen molar-refractivity contribution >= 4 is 21.7 Å². The summed E-state index contributed by atoms with van der Waals surface area (Å²) in [7, 11) is 0. The largest absolute Gasteiger partial charge is 0.494 e. The molecule has 0 aliphatic carbocycles. The molecule has 1 heterocycles. The van der Waals surface area contributed by atoms with E-state index >= 15 is 0 Å². The van der Waals surface area contributed by atoms with Crippen molar-refractivity contribution in [3.63, 3.8) is 0 Å². The number of fused-ring (bicyclic) bond motifs is 3. The number of nitrogens with zero attached hydrogens (tertiary/aromatic N) is 1. The second kappa shape index (κ2) is 14.8. The minimum atomic E-state index is 0.727. The van der Waals surface area contributed by atoms with E-state index in [2.05, 4.69) is 50.2 Å². The van der Waals surface area contributed by atoms with Crippen LogP contribution in [-0.2, 0) is 0 Å². The van der Waals surface area contributed by atoms with E-state index in [1.807, 2.05) is 6.07 Å². The van der Waals surface area contributed by atoms with Crippen LogP contribution in [-0.4, -0.2) is 18.2 Å². The van der Waals surface area contributed by atoms with Crippen molar-refractivity contribution < 1.29 is 9.47 Å². The monoisotopic (exact) mass is 449 g/mol. The molecule has 0 amide bonds. The van der Waals surface area contributed by atoms with Gasteiger partial charge < -0.3 is 9.47 Å². The number of aromatic nitrogens is 1. The number of unbranched alkanes of at least 4 members (excludes halogenated alkanes) is 11. The summed E-state index contributed by atoms with van der Waals surface area (Å²) < 4.78 is 11.9. The van der Waals surface area contributed by atoms with Gasteiger partial charge in [-0.25, -0.2) is 4.98 Å². The minimum Gasteiger partial charge on any atom is -0.494 e. The molecule has 3 rings (SSSR count). The molecule has 1 aromatic heterocycles. The van der Waals surface area contributed by atoms with E-state index in [-0.39, 0.29) is 0 Å². The van der Waals surface area contributed by atoms with E-state index in [0.717, 1.165) is 48.6 Å². The first kappa shape index (κ1) is 25.3. The molecule has 0 saturated heterocycles. The molecule has 3 aromatic rings. The van der Waals surface area contributed by atoms with E-state index in [9.17, 15) is 0 Å². The Morgan fingerprint density at radius 1 is 0.576 bits per heavy atom. The molecule has 0 N–H and O–H groups in total. The van der Waals surface area contributed by atoms with Gasteiger partial charge in [0.2, 0.25) is 5.88 Å². The third-order valence-electron chi connectivity index (χ3n) is 6.40. The Labute approximate surface area is 200 Å². The van der Waals surface area contributed by atoms with Crippen LogP contribution in [0.4, 0.5) is 0 Å². The highest BCUT2D eigenvalue weighted by Gasteiger charge is 2.06. The predicted molar refractivity (Wildman–Crippen MR) is 142 cm³/mol. The predicted octanol–water partition coefficient (Wildman–Crippen LogP) is 9.26. The van der Waals surface area contributed by atoms with Gasteiger partial charge in [0.15, 0.2) is 0 Å². The van der Waals surface area contributed by atoms with Crippen LogP contribution in [0.3, 0.4) is 0 Å². The number of pyridine rings is 1. The lowest BCUT2D eigenvalue weighted by Gasteiger charge is -2.10. The highest BCUT2D eigenvalue weighted by Crippen LogP contribution is 2.29. The van der Waals surface area contributed by atoms with Gasteiger partial charge in [-0.1, -0.05) is 96.6 Å². The first-order valence-electron chi connectivity index (χ1n) is 13.4. The smallest absolute Gasteiger partial charge is 0.213 e. The lowest BCUT2D eigenvalue weighted by atomic mass is 10.0. The van der Waals surface area contributed by atoms with Crippen LogP contribution in [0.1, 0.15) is 97.3 Å². The SMILES string of the molecule is CCCCCCCCCOc1ccc2c(ccc3nc(OCCCCCCCC)ccc32)c1. The molecule has 0 aliphatic rings. The van der Waals surface area contributed by atoms with Gasteiger partial charge in [0.05, 0.1) is 18.7 Å². The van der Waals surface area contributed by atoms with Crippen molar-refractivity contribution in [2.45, 2.75) is 97.3 Å². The maximum atomic E-state index is 6.02. The highest BCUT2D eigenvalue weighted by atomic mass is 16.5. The number of benzene rings is 2. The van der Waals surface area contributed by atoms with Crippen LogP contribution >= 0.6 is 0 Å². The third-order valence-corrected chi connectivity index (χ3v) is 6.40. The van der Waals surface area contributed by atoms with Crippen molar-refractivity contribution in [2.75, 3.05) is 13.2 Å². The summed E-state index contributed by atoms with van der Waals surface area (Å²) in [4.78, 5) is 4.74. The van der Waals surface area contributed by atoms with Crippen molar-refractivity contribution in [2.24, 2.45) is 0 Å². The molecule has 0 fully saturated rings. The summed E-state index contributed by atoms with van der Waals surface area (Å²) >= 11 is 0. The zero-order chi connectivity index (χ0) is 23.1. The maximum absolute atomic E-state index is 6.02. The van der Waals surface area contributed by atoms with Crippen molar-refractivity contribution in [3.8, 4) is 11.6 Å². The molecule has 3 heteroatoms. The molecule has 180 valence electrons. The molecule has 0 unspecified atom stereocenters. The molecule has 33 heavy (non-hydrogen) atoms. The van der Waals surface area contributed by atoms with Crippen LogP contribution in [0.15, 0.2) is 42.5 Å². The molecular weight excluding hydrogens is 406 g/mol. The van der Waals surface area contributed by atoms with Gasteiger partial charge >= 0.3 is 0 Å². The molecule has 0 aliphatic heterocycles. The Balaban J connectivity index is 1.48. The third kappa shape index (κ3) is 8.53. The molecule has 0 radical (unpaired) electrons. The summed E-state index contributed by atoms with van der Waals surface area (Å²) in [6.45, 7) is 6.06. The van der Waals surface area contributed by atoms with Crippen LogP contribution < -0.4 is 9.47 Å². The molecule has 0 spiro atoms. The van der Waals surface area contributed by atoms with E-state index in [0.29, 0.717) is 0 Å². The number of hydrogen-bond acceptors (Lipinski definition) is 3. The van der Waals surface area contributed by atoms with Gasteiger partial charge in [0, 0.05) is 11.5 Å². The Hall–Kier alpha value is -2.29.